The molecule has 12 nitrogen and oxygen atoms in total. The lowest BCUT2D eigenvalue weighted by atomic mass is 9.55. The Morgan fingerprint density at radius 3 is 2.54 bits per heavy atom. The number of urea groups is 1. The van der Waals surface area contributed by atoms with Crippen LogP contribution in [0.5, 0.6) is 11.5 Å². The average molecular weight is 700 g/mol. The molecule has 0 saturated heterocycles. The van der Waals surface area contributed by atoms with Gasteiger partial charge in [0.2, 0.25) is 5.79 Å². The highest BCUT2D eigenvalue weighted by Crippen LogP contribution is 2.61. The standard InChI is InChI=1S/C38H57N3O9/c1-5-20-47-28-14-15-33-31(25-28)35-29(13-9-11-18-43)27(12-8-10-17-42)24-30-32(40-49-7-3)26-34(38(50-33,36(30)35)48-21-6-2)41(4)37(45)39-16-22-46-23-19-44/h5-6,14-15,24-25,27,29,34-36,42-44H,1-2,7-13,16-23,26H2,3-4H3,(H,39,45)/t27-,29+,34-,35+,36+,38+/m0/s1. The first-order valence-electron chi connectivity index (χ1n) is 18.0. The Hall–Kier alpha value is -3.42. The monoisotopic (exact) mass is 699 g/mol. The third kappa shape index (κ3) is 9.08. The van der Waals surface area contributed by atoms with Gasteiger partial charge in [-0.3, -0.25) is 0 Å². The minimum atomic E-state index is -1.32. The topological polar surface area (TPSA) is 152 Å². The van der Waals surface area contributed by atoms with Gasteiger partial charge in [0.25, 0.3) is 0 Å². The molecular formula is C38H57N3O9. The number of amides is 2. The summed E-state index contributed by atoms with van der Waals surface area (Å²) >= 11 is 0. The molecule has 4 rings (SSSR count). The van der Waals surface area contributed by atoms with E-state index in [-0.39, 0.29) is 75.9 Å². The molecule has 0 bridgehead atoms. The number of likely N-dealkylation sites (N-methyl/N-ethyl adjacent to an activating group) is 1. The molecule has 1 aliphatic heterocycles. The maximum absolute atomic E-state index is 13.8. The molecule has 1 aromatic rings. The van der Waals surface area contributed by atoms with Crippen molar-refractivity contribution < 1.29 is 43.9 Å². The van der Waals surface area contributed by atoms with Crippen LogP contribution in [0.1, 0.15) is 63.4 Å². The zero-order chi connectivity index (χ0) is 35.9. The van der Waals surface area contributed by atoms with E-state index in [2.05, 4.69) is 35.8 Å². The lowest BCUT2D eigenvalue weighted by Crippen LogP contribution is -2.70. The van der Waals surface area contributed by atoms with Crippen molar-refractivity contribution in [1.29, 1.82) is 0 Å². The second-order valence-corrected chi connectivity index (χ2v) is 13.0. The van der Waals surface area contributed by atoms with Crippen molar-refractivity contribution >= 4 is 11.7 Å². The van der Waals surface area contributed by atoms with E-state index in [1.165, 1.54) is 0 Å². The average Bonchev–Trinajstić information content (AvgIpc) is 3.13. The zero-order valence-electron chi connectivity index (χ0n) is 29.8. The number of nitrogens with one attached hydrogen (secondary N) is 1. The van der Waals surface area contributed by atoms with Gasteiger partial charge in [-0.05, 0) is 68.2 Å². The van der Waals surface area contributed by atoms with Crippen molar-refractivity contribution in [3.63, 3.8) is 0 Å². The predicted octanol–water partition coefficient (Wildman–Crippen LogP) is 4.56. The summed E-state index contributed by atoms with van der Waals surface area (Å²) in [4.78, 5) is 21.1. The highest BCUT2D eigenvalue weighted by atomic mass is 16.7. The zero-order valence-corrected chi connectivity index (χ0v) is 29.8. The highest BCUT2D eigenvalue weighted by Gasteiger charge is 2.65. The largest absolute Gasteiger partial charge is 0.490 e. The number of nitrogens with zero attached hydrogens (tertiary/aromatic N) is 2. The number of carbonyl (C=O) groups excluding carboxylic acids is 1. The lowest BCUT2D eigenvalue weighted by molar-refractivity contribution is -0.252. The molecule has 0 aromatic heterocycles. The van der Waals surface area contributed by atoms with Gasteiger partial charge in [0.05, 0.1) is 38.1 Å². The van der Waals surface area contributed by atoms with Crippen LogP contribution in [0.25, 0.3) is 0 Å². The van der Waals surface area contributed by atoms with E-state index in [9.17, 15) is 15.0 Å². The normalized spacial score (nSPS) is 25.8. The number of hydrogen-bond acceptors (Lipinski definition) is 10. The number of aliphatic hydroxyl groups is 3. The molecule has 1 heterocycles. The molecule has 6 atom stereocenters. The Balaban J connectivity index is 1.92. The highest BCUT2D eigenvalue weighted by molar-refractivity contribution is 6.03. The van der Waals surface area contributed by atoms with Crippen molar-refractivity contribution in [1.82, 2.24) is 10.2 Å². The number of aliphatic hydroxyl groups excluding tert-OH is 3. The Morgan fingerprint density at radius 1 is 1.08 bits per heavy atom. The van der Waals surface area contributed by atoms with Crippen LogP contribution in [-0.4, -0.2) is 110 Å². The number of hydrogen-bond donors (Lipinski definition) is 4. The van der Waals surface area contributed by atoms with Gasteiger partial charge >= 0.3 is 6.03 Å². The van der Waals surface area contributed by atoms with Crippen LogP contribution in [-0.2, 0) is 14.3 Å². The van der Waals surface area contributed by atoms with Crippen LogP contribution in [0.2, 0.25) is 0 Å². The third-order valence-corrected chi connectivity index (χ3v) is 9.86. The van der Waals surface area contributed by atoms with Gasteiger partial charge in [-0.1, -0.05) is 42.8 Å². The number of ether oxygens (including phenoxy) is 4. The SMILES string of the molecule is C=CCOc1ccc2c(c1)[C@H]1[C@H](CCCCO)[C@@H](CCCCO)C=C3C(=NOCC)C[C@H](N(C)C(=O)NCCOCCO)[C@@](OCC=C)(O2)[C@H]31. The van der Waals surface area contributed by atoms with Gasteiger partial charge in [-0.25, -0.2) is 4.79 Å². The fourth-order valence-corrected chi connectivity index (χ4v) is 7.78. The summed E-state index contributed by atoms with van der Waals surface area (Å²) in [5.41, 5.74) is 2.71. The van der Waals surface area contributed by atoms with Crippen LogP contribution in [0.15, 0.2) is 60.3 Å². The van der Waals surface area contributed by atoms with E-state index in [1.807, 2.05) is 19.1 Å². The molecule has 2 amide bonds. The number of rotatable bonds is 22. The quantitative estimate of drug-likeness (QED) is 0.0776. The predicted molar refractivity (Wildman–Crippen MR) is 191 cm³/mol. The summed E-state index contributed by atoms with van der Waals surface area (Å²) < 4.78 is 25.3. The van der Waals surface area contributed by atoms with Crippen LogP contribution in [0, 0.1) is 17.8 Å². The molecule has 3 aliphatic rings. The summed E-state index contributed by atoms with van der Waals surface area (Å²) in [5.74, 6) is -0.231. The van der Waals surface area contributed by atoms with Crippen LogP contribution >= 0.6 is 0 Å². The Kier molecular flexibility index (Phi) is 15.6. The molecular weight excluding hydrogens is 642 g/mol. The molecule has 12 heteroatoms. The number of carbonyl (C=O) groups is 1. The van der Waals surface area contributed by atoms with Crippen LogP contribution < -0.4 is 14.8 Å². The van der Waals surface area contributed by atoms with E-state index in [0.29, 0.717) is 44.0 Å². The minimum Gasteiger partial charge on any atom is -0.490 e. The molecule has 278 valence electrons. The van der Waals surface area contributed by atoms with Crippen molar-refractivity contribution in [2.24, 2.45) is 22.9 Å². The van der Waals surface area contributed by atoms with E-state index >= 15 is 0 Å². The van der Waals surface area contributed by atoms with Gasteiger partial charge in [0.15, 0.2) is 0 Å². The van der Waals surface area contributed by atoms with Crippen LogP contribution in [0.4, 0.5) is 4.79 Å². The lowest BCUT2D eigenvalue weighted by Gasteiger charge is -2.59. The molecule has 1 saturated carbocycles. The number of allylic oxidation sites excluding steroid dienone is 1. The van der Waals surface area contributed by atoms with E-state index in [1.54, 1.807) is 24.1 Å². The first kappa shape index (κ1) is 39.4. The fourth-order valence-electron chi connectivity index (χ4n) is 7.78. The molecule has 1 aromatic carbocycles. The molecule has 4 N–H and O–H groups in total. The number of benzene rings is 1. The van der Waals surface area contributed by atoms with Crippen molar-refractivity contribution in [3.05, 3.63) is 60.7 Å². The first-order chi connectivity index (χ1) is 24.4. The second-order valence-electron chi connectivity index (χ2n) is 13.0. The van der Waals surface area contributed by atoms with Crippen molar-refractivity contribution in [2.75, 3.05) is 66.4 Å². The second kappa shape index (κ2) is 19.8. The summed E-state index contributed by atoms with van der Waals surface area (Å²) in [6.45, 7) is 11.4. The Morgan fingerprint density at radius 2 is 1.84 bits per heavy atom. The Labute approximate surface area is 296 Å². The first-order valence-corrected chi connectivity index (χ1v) is 18.0. The molecule has 50 heavy (non-hydrogen) atoms. The summed E-state index contributed by atoms with van der Waals surface area (Å²) in [6, 6.07) is 4.90. The van der Waals surface area contributed by atoms with Gasteiger partial charge in [-0.2, -0.15) is 0 Å². The summed E-state index contributed by atoms with van der Waals surface area (Å²) in [5, 5.41) is 36.1. The van der Waals surface area contributed by atoms with Crippen LogP contribution in [0.3, 0.4) is 0 Å². The molecule has 0 spiro atoms. The van der Waals surface area contributed by atoms with Crippen molar-refractivity contribution in [3.8, 4) is 11.5 Å². The van der Waals surface area contributed by atoms with Gasteiger partial charge in [0, 0.05) is 44.7 Å². The Bertz CT molecular complexity index is 1320. The molecule has 0 radical (unpaired) electrons. The summed E-state index contributed by atoms with van der Waals surface area (Å²) in [7, 11) is 1.74. The minimum absolute atomic E-state index is 0.0938. The maximum atomic E-state index is 13.8. The summed E-state index contributed by atoms with van der Waals surface area (Å²) in [6.07, 6.45) is 10.8. The third-order valence-electron chi connectivity index (χ3n) is 9.86. The van der Waals surface area contributed by atoms with Gasteiger partial charge in [0.1, 0.15) is 30.8 Å². The maximum Gasteiger partial charge on any atom is 0.317 e. The van der Waals surface area contributed by atoms with Crippen molar-refractivity contribution in [2.45, 2.75) is 69.6 Å². The van der Waals surface area contributed by atoms with E-state index in [0.717, 1.165) is 42.5 Å². The molecule has 2 aliphatic carbocycles. The molecule has 1 fully saturated rings. The number of unbranched alkanes of at least 4 members (excludes halogenated alkanes) is 2. The fraction of sp³-hybridized carbons (Fsp3) is 0.632. The van der Waals surface area contributed by atoms with E-state index < -0.39 is 11.8 Å². The number of fused-ring (bicyclic) bond motifs is 2. The smallest absolute Gasteiger partial charge is 0.317 e. The number of oxime groups is 1. The molecule has 0 unspecified atom stereocenters. The van der Waals surface area contributed by atoms with Gasteiger partial charge in [-0.15, -0.1) is 6.58 Å². The van der Waals surface area contributed by atoms with E-state index in [4.69, 9.17) is 28.9 Å². The van der Waals surface area contributed by atoms with Gasteiger partial charge < -0.3 is 49.3 Å².